The highest BCUT2D eigenvalue weighted by Gasteiger charge is 2.06. The zero-order valence-corrected chi connectivity index (χ0v) is 11.2. The van der Waals surface area contributed by atoms with E-state index in [-0.39, 0.29) is 0 Å². The lowest BCUT2D eigenvalue weighted by Crippen LogP contribution is -1.92. The van der Waals surface area contributed by atoms with Gasteiger partial charge >= 0.3 is 0 Å². The van der Waals surface area contributed by atoms with Gasteiger partial charge in [-0.1, -0.05) is 29.8 Å². The smallest absolute Gasteiger partial charge is 0.0612 e. The first-order valence-electron chi connectivity index (χ1n) is 5.27. The quantitative estimate of drug-likeness (QED) is 0.593. The lowest BCUT2D eigenvalue weighted by atomic mass is 10.2. The van der Waals surface area contributed by atoms with Crippen molar-refractivity contribution in [3.05, 3.63) is 64.2 Å². The number of benzene rings is 2. The topological polar surface area (TPSA) is 4.93 Å². The van der Waals surface area contributed by atoms with Crippen LogP contribution < -0.4 is 0 Å². The van der Waals surface area contributed by atoms with Gasteiger partial charge in [-0.3, -0.25) is 0 Å². The first-order valence-corrected chi connectivity index (χ1v) is 6.44. The highest BCUT2D eigenvalue weighted by atomic mass is 79.9. The molecule has 0 bridgehead atoms. The van der Waals surface area contributed by atoms with Crippen molar-refractivity contribution in [1.82, 2.24) is 4.57 Å². The summed E-state index contributed by atoms with van der Waals surface area (Å²) in [5.74, 6) is 0. The Bertz CT molecular complexity index is 688. The number of hydrogen-bond acceptors (Lipinski definition) is 0. The van der Waals surface area contributed by atoms with E-state index in [0.29, 0.717) is 0 Å². The summed E-state index contributed by atoms with van der Waals surface area (Å²) in [4.78, 5) is 0. The average Bonchev–Trinajstić information content (AvgIpc) is 2.76. The Balaban J connectivity index is 2.31. The summed E-state index contributed by atoms with van der Waals surface area (Å²) in [7, 11) is 0. The van der Waals surface area contributed by atoms with E-state index in [2.05, 4.69) is 44.9 Å². The van der Waals surface area contributed by atoms with Crippen molar-refractivity contribution < 1.29 is 0 Å². The van der Waals surface area contributed by atoms with Crippen LogP contribution in [-0.2, 0) is 0 Å². The number of hydrogen-bond donors (Lipinski definition) is 0. The molecular weight excluding hydrogens is 298 g/mol. The molecule has 0 unspecified atom stereocenters. The van der Waals surface area contributed by atoms with E-state index < -0.39 is 0 Å². The monoisotopic (exact) mass is 305 g/mol. The number of nitrogens with zero attached hydrogens (tertiary/aromatic N) is 1. The molecule has 0 saturated heterocycles. The van der Waals surface area contributed by atoms with Gasteiger partial charge in [0, 0.05) is 15.7 Å². The molecule has 1 aromatic heterocycles. The number of rotatable bonds is 1. The van der Waals surface area contributed by atoms with E-state index in [1.54, 1.807) is 0 Å². The minimum Gasteiger partial charge on any atom is -0.315 e. The van der Waals surface area contributed by atoms with Crippen LogP contribution in [0.3, 0.4) is 0 Å². The molecule has 0 radical (unpaired) electrons. The van der Waals surface area contributed by atoms with E-state index >= 15 is 0 Å². The van der Waals surface area contributed by atoms with Crippen molar-refractivity contribution in [2.75, 3.05) is 0 Å². The Kier molecular flexibility index (Phi) is 2.69. The zero-order valence-electron chi connectivity index (χ0n) is 8.90. The summed E-state index contributed by atoms with van der Waals surface area (Å²) < 4.78 is 3.16. The molecule has 0 spiro atoms. The lowest BCUT2D eigenvalue weighted by molar-refractivity contribution is 1.12. The third kappa shape index (κ3) is 1.88. The summed E-state index contributed by atoms with van der Waals surface area (Å²) in [5, 5.41) is 1.96. The molecular formula is C14H9BrClN. The third-order valence-electron chi connectivity index (χ3n) is 2.77. The van der Waals surface area contributed by atoms with Crippen LogP contribution in [0.25, 0.3) is 16.6 Å². The van der Waals surface area contributed by atoms with Crippen molar-refractivity contribution in [3.8, 4) is 5.69 Å². The van der Waals surface area contributed by atoms with Gasteiger partial charge in [0.05, 0.1) is 11.2 Å². The molecule has 1 nitrogen and oxygen atoms in total. The Hall–Kier alpha value is -1.25. The molecule has 0 N–H and O–H groups in total. The Morgan fingerprint density at radius 3 is 2.71 bits per heavy atom. The standard InChI is InChI=1S/C14H9BrClN/c15-12-6-5-11(16)9-14(12)17-8-7-10-3-1-2-4-13(10)17/h1-9H. The van der Waals surface area contributed by atoms with Crippen molar-refractivity contribution in [2.24, 2.45) is 0 Å². The van der Waals surface area contributed by atoms with Crippen molar-refractivity contribution in [3.63, 3.8) is 0 Å². The molecule has 0 aliphatic carbocycles. The van der Waals surface area contributed by atoms with E-state index in [1.165, 1.54) is 10.9 Å². The van der Waals surface area contributed by atoms with Crippen molar-refractivity contribution in [1.29, 1.82) is 0 Å². The molecule has 17 heavy (non-hydrogen) atoms. The molecule has 0 saturated carbocycles. The average molecular weight is 307 g/mol. The molecule has 0 atom stereocenters. The van der Waals surface area contributed by atoms with Crippen LogP contribution in [-0.4, -0.2) is 4.57 Å². The highest BCUT2D eigenvalue weighted by molar-refractivity contribution is 9.10. The molecule has 0 fully saturated rings. The second kappa shape index (κ2) is 4.21. The maximum Gasteiger partial charge on any atom is 0.0612 e. The van der Waals surface area contributed by atoms with Crippen molar-refractivity contribution in [2.45, 2.75) is 0 Å². The summed E-state index contributed by atoms with van der Waals surface area (Å²) in [5.41, 5.74) is 2.23. The van der Waals surface area contributed by atoms with Gasteiger partial charge < -0.3 is 4.57 Å². The van der Waals surface area contributed by atoms with Gasteiger partial charge in [0.15, 0.2) is 0 Å². The predicted octanol–water partition coefficient (Wildman–Crippen LogP) is 5.05. The number of halogens is 2. The first-order chi connectivity index (χ1) is 8.25. The highest BCUT2D eigenvalue weighted by Crippen LogP contribution is 2.28. The lowest BCUT2D eigenvalue weighted by Gasteiger charge is -2.08. The first kappa shape index (κ1) is 10.9. The molecule has 84 valence electrons. The van der Waals surface area contributed by atoms with Crippen LogP contribution in [0.2, 0.25) is 5.02 Å². The van der Waals surface area contributed by atoms with E-state index in [0.717, 1.165) is 15.2 Å². The third-order valence-corrected chi connectivity index (χ3v) is 3.67. The zero-order chi connectivity index (χ0) is 11.8. The number of para-hydroxylation sites is 1. The largest absolute Gasteiger partial charge is 0.315 e. The maximum atomic E-state index is 6.05. The molecule has 0 aliphatic rings. The summed E-state index contributed by atoms with van der Waals surface area (Å²) in [6.45, 7) is 0. The second-order valence-corrected chi connectivity index (χ2v) is 5.13. The Morgan fingerprint density at radius 1 is 1.00 bits per heavy atom. The molecule has 2 aromatic carbocycles. The van der Waals surface area contributed by atoms with Gasteiger partial charge in [-0.2, -0.15) is 0 Å². The van der Waals surface area contributed by atoms with Crippen molar-refractivity contribution >= 4 is 38.4 Å². The van der Waals surface area contributed by atoms with Gasteiger partial charge in [0.2, 0.25) is 0 Å². The number of fused-ring (bicyclic) bond motifs is 1. The molecule has 0 aliphatic heterocycles. The van der Waals surface area contributed by atoms with Crippen LogP contribution in [0.15, 0.2) is 59.2 Å². The van der Waals surface area contributed by atoms with Gasteiger partial charge in [0.1, 0.15) is 0 Å². The fraction of sp³-hybridized carbons (Fsp3) is 0. The second-order valence-electron chi connectivity index (χ2n) is 3.84. The van der Waals surface area contributed by atoms with Gasteiger partial charge in [0.25, 0.3) is 0 Å². The van der Waals surface area contributed by atoms with Crippen LogP contribution in [0.4, 0.5) is 0 Å². The van der Waals surface area contributed by atoms with Crippen LogP contribution in [0, 0.1) is 0 Å². The molecule has 3 rings (SSSR count). The van der Waals surface area contributed by atoms with Gasteiger partial charge in [-0.05, 0) is 51.6 Å². The Morgan fingerprint density at radius 2 is 1.82 bits per heavy atom. The van der Waals surface area contributed by atoms with Crippen LogP contribution in [0.5, 0.6) is 0 Å². The fourth-order valence-electron chi connectivity index (χ4n) is 1.96. The Labute approximate surface area is 113 Å². The summed E-state index contributed by atoms with van der Waals surface area (Å²) in [6.07, 6.45) is 2.06. The molecule has 3 aromatic rings. The normalized spacial score (nSPS) is 10.9. The van der Waals surface area contributed by atoms with Crippen LogP contribution in [0.1, 0.15) is 0 Å². The molecule has 0 amide bonds. The summed E-state index contributed by atoms with van der Waals surface area (Å²) in [6, 6.07) is 16.2. The molecule has 3 heteroatoms. The van der Waals surface area contributed by atoms with Gasteiger partial charge in [-0.25, -0.2) is 0 Å². The van der Waals surface area contributed by atoms with E-state index in [4.69, 9.17) is 11.6 Å². The number of aromatic nitrogens is 1. The maximum absolute atomic E-state index is 6.05. The van der Waals surface area contributed by atoms with Crippen LogP contribution >= 0.6 is 27.5 Å². The predicted molar refractivity (Wildman–Crippen MR) is 76.0 cm³/mol. The molecule has 1 heterocycles. The minimum absolute atomic E-state index is 0.737. The SMILES string of the molecule is Clc1ccc(Br)c(-n2ccc3ccccc32)c1. The minimum atomic E-state index is 0.737. The fourth-order valence-corrected chi connectivity index (χ4v) is 2.57. The van der Waals surface area contributed by atoms with E-state index in [9.17, 15) is 0 Å². The van der Waals surface area contributed by atoms with E-state index in [1.807, 2.05) is 30.3 Å². The summed E-state index contributed by atoms with van der Waals surface area (Å²) >= 11 is 9.61. The van der Waals surface area contributed by atoms with Gasteiger partial charge in [-0.15, -0.1) is 0 Å².